The maximum Gasteiger partial charge on any atom is 0.398 e. The molecule has 3 rings (SSSR count). The Hall–Kier alpha value is -2.64. The Balaban J connectivity index is 1.77. The second kappa shape index (κ2) is 6.26. The third-order valence-electron chi connectivity index (χ3n) is 4.37. The number of halogens is 4. The van der Waals surface area contributed by atoms with Crippen LogP contribution in [-0.2, 0) is 5.41 Å². The molecule has 1 aromatic carbocycles. The number of alkyl halides is 3. The second-order valence-corrected chi connectivity index (χ2v) is 6.42. The zero-order valence-electron chi connectivity index (χ0n) is 14.1. The minimum Gasteiger partial charge on any atom is -0.436 e. The number of nitrogens with zero attached hydrogens (tertiary/aromatic N) is 2. The van der Waals surface area contributed by atoms with Crippen molar-refractivity contribution in [2.24, 2.45) is 0 Å². The highest BCUT2D eigenvalue weighted by atomic mass is 19.4. The Labute approximate surface area is 147 Å². The number of carbonyl (C=O) groups excluding carboxylic acids is 1. The third-order valence-corrected chi connectivity index (χ3v) is 4.37. The van der Waals surface area contributed by atoms with Gasteiger partial charge >= 0.3 is 6.18 Å². The lowest BCUT2D eigenvalue weighted by atomic mass is 9.95. The number of benzene rings is 1. The molecule has 0 atom stereocenters. The van der Waals surface area contributed by atoms with Crippen LogP contribution in [0.1, 0.15) is 28.8 Å². The summed E-state index contributed by atoms with van der Waals surface area (Å²) < 4.78 is 58.7. The average Bonchev–Trinajstić information content (AvgIpc) is 3.38. The maximum atomic E-state index is 14.1. The molecule has 0 unspecified atom stereocenters. The smallest absolute Gasteiger partial charge is 0.398 e. The first-order valence-corrected chi connectivity index (χ1v) is 7.86. The number of rotatable bonds is 4. The molecule has 1 heterocycles. The number of carbonyl (C=O) groups is 1. The van der Waals surface area contributed by atoms with Gasteiger partial charge in [-0.1, -0.05) is 12.1 Å². The van der Waals surface area contributed by atoms with Crippen LogP contribution in [0.2, 0.25) is 0 Å². The minimum atomic E-state index is -4.29. The lowest BCUT2D eigenvalue weighted by Gasteiger charge is -2.19. The summed E-state index contributed by atoms with van der Waals surface area (Å²) in [5, 5.41) is 0. The molecule has 1 saturated carbocycles. The van der Waals surface area contributed by atoms with Crippen molar-refractivity contribution in [1.82, 2.24) is 9.88 Å². The van der Waals surface area contributed by atoms with E-state index in [-0.39, 0.29) is 35.6 Å². The Morgan fingerprint density at radius 1 is 1.19 bits per heavy atom. The first-order valence-electron chi connectivity index (χ1n) is 7.86. The molecule has 0 aliphatic heterocycles. The van der Waals surface area contributed by atoms with E-state index in [1.165, 1.54) is 49.5 Å². The number of amides is 1. The van der Waals surface area contributed by atoms with Crippen molar-refractivity contribution in [3.8, 4) is 11.6 Å². The Morgan fingerprint density at radius 2 is 1.81 bits per heavy atom. The average molecular weight is 368 g/mol. The van der Waals surface area contributed by atoms with Crippen molar-refractivity contribution in [3.05, 3.63) is 53.5 Å². The standard InChI is InChI=1S/C18H16F4N2O2/c1-24(2)16(25)11-9-14(19)15(23-10-11)26-13-5-3-12(4-6-13)17(7-8-17)18(20,21)22/h3-6,9-10H,7-8H2,1-2H3. The van der Waals surface area contributed by atoms with E-state index in [0.717, 1.165) is 6.07 Å². The minimum absolute atomic E-state index is 0.0637. The fourth-order valence-electron chi connectivity index (χ4n) is 2.69. The van der Waals surface area contributed by atoms with Crippen LogP contribution >= 0.6 is 0 Å². The molecule has 2 aromatic rings. The summed E-state index contributed by atoms with van der Waals surface area (Å²) in [6.07, 6.45) is -2.99. The molecule has 26 heavy (non-hydrogen) atoms. The van der Waals surface area contributed by atoms with E-state index < -0.39 is 23.3 Å². The molecule has 1 aromatic heterocycles. The Morgan fingerprint density at radius 3 is 2.27 bits per heavy atom. The molecule has 0 radical (unpaired) electrons. The molecule has 1 fully saturated rings. The van der Waals surface area contributed by atoms with Crippen molar-refractivity contribution in [3.63, 3.8) is 0 Å². The topological polar surface area (TPSA) is 42.4 Å². The molecule has 0 saturated heterocycles. The summed E-state index contributed by atoms with van der Waals surface area (Å²) in [5.74, 6) is -1.44. The molecule has 4 nitrogen and oxygen atoms in total. The highest BCUT2D eigenvalue weighted by Crippen LogP contribution is 2.58. The van der Waals surface area contributed by atoms with Gasteiger partial charge < -0.3 is 9.64 Å². The van der Waals surface area contributed by atoms with Gasteiger partial charge in [0.05, 0.1) is 11.0 Å². The van der Waals surface area contributed by atoms with Crippen molar-refractivity contribution >= 4 is 5.91 Å². The maximum absolute atomic E-state index is 14.1. The van der Waals surface area contributed by atoms with E-state index >= 15 is 0 Å². The summed E-state index contributed by atoms with van der Waals surface area (Å²) in [6, 6.07) is 6.36. The van der Waals surface area contributed by atoms with Crippen LogP contribution in [0.5, 0.6) is 11.6 Å². The fraction of sp³-hybridized carbons (Fsp3) is 0.333. The molecular weight excluding hydrogens is 352 g/mol. The monoisotopic (exact) mass is 368 g/mol. The number of hydrogen-bond acceptors (Lipinski definition) is 3. The van der Waals surface area contributed by atoms with Gasteiger partial charge in [0.25, 0.3) is 11.8 Å². The van der Waals surface area contributed by atoms with E-state index in [1.807, 2.05) is 0 Å². The highest BCUT2D eigenvalue weighted by molar-refractivity contribution is 5.93. The molecule has 138 valence electrons. The predicted octanol–water partition coefficient (Wildman–Crippen LogP) is 4.31. The molecule has 8 heteroatoms. The number of aromatic nitrogens is 1. The van der Waals surface area contributed by atoms with Crippen LogP contribution in [0.4, 0.5) is 17.6 Å². The fourth-order valence-corrected chi connectivity index (χ4v) is 2.69. The first-order chi connectivity index (χ1) is 12.1. The van der Waals surface area contributed by atoms with Gasteiger partial charge in [-0.3, -0.25) is 4.79 Å². The van der Waals surface area contributed by atoms with Gasteiger partial charge in [-0.25, -0.2) is 9.37 Å². The highest BCUT2D eigenvalue weighted by Gasteiger charge is 2.64. The molecule has 1 aliphatic carbocycles. The summed E-state index contributed by atoms with van der Waals surface area (Å²) in [7, 11) is 3.06. The van der Waals surface area contributed by atoms with E-state index in [1.54, 1.807) is 0 Å². The van der Waals surface area contributed by atoms with Gasteiger partial charge in [-0.2, -0.15) is 13.2 Å². The van der Waals surface area contributed by atoms with E-state index in [0.29, 0.717) is 0 Å². The van der Waals surface area contributed by atoms with Crippen LogP contribution in [0.25, 0.3) is 0 Å². The van der Waals surface area contributed by atoms with Gasteiger partial charge in [0, 0.05) is 20.3 Å². The summed E-state index contributed by atoms with van der Waals surface area (Å²) >= 11 is 0. The summed E-state index contributed by atoms with van der Waals surface area (Å²) in [4.78, 5) is 16.8. The van der Waals surface area contributed by atoms with Crippen LogP contribution in [0.3, 0.4) is 0 Å². The molecule has 1 amide bonds. The lowest BCUT2D eigenvalue weighted by molar-refractivity contribution is -0.160. The molecular formula is C18H16F4N2O2. The Bertz CT molecular complexity index is 828. The molecule has 0 spiro atoms. The summed E-state index contributed by atoms with van der Waals surface area (Å²) in [5.41, 5.74) is -1.54. The summed E-state index contributed by atoms with van der Waals surface area (Å²) in [6.45, 7) is 0. The SMILES string of the molecule is CN(C)C(=O)c1cnc(Oc2ccc(C3(C(F)(F)F)CC3)cc2)c(F)c1. The van der Waals surface area contributed by atoms with Gasteiger partial charge in [-0.05, 0) is 36.6 Å². The molecule has 0 N–H and O–H groups in total. The molecule has 1 aliphatic rings. The third kappa shape index (κ3) is 3.23. The number of hydrogen-bond donors (Lipinski definition) is 0. The number of ether oxygens (including phenoxy) is 1. The number of pyridine rings is 1. The van der Waals surface area contributed by atoms with Gasteiger partial charge in [-0.15, -0.1) is 0 Å². The van der Waals surface area contributed by atoms with E-state index in [9.17, 15) is 22.4 Å². The van der Waals surface area contributed by atoms with Crippen LogP contribution in [0, 0.1) is 5.82 Å². The van der Waals surface area contributed by atoms with E-state index in [4.69, 9.17) is 4.74 Å². The zero-order valence-corrected chi connectivity index (χ0v) is 14.1. The lowest BCUT2D eigenvalue weighted by Crippen LogP contribution is -2.28. The van der Waals surface area contributed by atoms with Crippen molar-refractivity contribution in [2.75, 3.05) is 14.1 Å². The van der Waals surface area contributed by atoms with Gasteiger partial charge in [0.2, 0.25) is 0 Å². The normalized spacial score (nSPS) is 15.5. The quantitative estimate of drug-likeness (QED) is 0.756. The zero-order chi connectivity index (χ0) is 19.1. The van der Waals surface area contributed by atoms with Gasteiger partial charge in [0.1, 0.15) is 5.75 Å². The van der Waals surface area contributed by atoms with Gasteiger partial charge in [0.15, 0.2) is 5.82 Å². The van der Waals surface area contributed by atoms with Crippen molar-refractivity contribution in [1.29, 1.82) is 0 Å². The Kier molecular flexibility index (Phi) is 4.37. The van der Waals surface area contributed by atoms with Crippen LogP contribution < -0.4 is 4.74 Å². The predicted molar refractivity (Wildman–Crippen MR) is 85.7 cm³/mol. The van der Waals surface area contributed by atoms with E-state index in [2.05, 4.69) is 4.98 Å². The molecule has 0 bridgehead atoms. The second-order valence-electron chi connectivity index (χ2n) is 6.42. The van der Waals surface area contributed by atoms with Crippen LogP contribution in [0.15, 0.2) is 36.5 Å². The largest absolute Gasteiger partial charge is 0.436 e. The van der Waals surface area contributed by atoms with Crippen molar-refractivity contribution < 1.29 is 27.1 Å². The first kappa shape index (κ1) is 18.2. The van der Waals surface area contributed by atoms with Crippen molar-refractivity contribution in [2.45, 2.75) is 24.4 Å². The van der Waals surface area contributed by atoms with Crippen LogP contribution in [-0.4, -0.2) is 36.1 Å².